The molecule has 2 aliphatic carbocycles. The zero-order valence-corrected chi connectivity index (χ0v) is 19.0. The van der Waals surface area contributed by atoms with Crippen LogP contribution in [0.25, 0.3) is 0 Å². The topological polar surface area (TPSA) is 0 Å². The minimum atomic E-state index is -1.52. The monoisotopic (exact) mass is 356 g/mol. The maximum Gasteiger partial charge on any atom is 0.111 e. The Balaban J connectivity index is 2.11. The number of fused-ring (bicyclic) bond motifs is 2. The molecule has 24 heavy (non-hydrogen) atoms. The van der Waals surface area contributed by atoms with Crippen LogP contribution in [0.3, 0.4) is 0 Å². The standard InChI is InChI=1S/C22H36Si2/c1-9-15(3)17-11-19-20(12-17)24(7,8)22-14-18(16(4)10-2)13-21(22)23(19,5)6/h11-18H,9-10H2,1-8H3. The lowest BCUT2D eigenvalue weighted by molar-refractivity contribution is 0.486. The van der Waals surface area contributed by atoms with Crippen molar-refractivity contribution in [3.63, 3.8) is 0 Å². The van der Waals surface area contributed by atoms with Gasteiger partial charge in [0.25, 0.3) is 0 Å². The van der Waals surface area contributed by atoms with Gasteiger partial charge in [-0.15, -0.1) is 0 Å². The molecule has 2 heteroatoms. The van der Waals surface area contributed by atoms with Crippen molar-refractivity contribution in [3.05, 3.63) is 45.1 Å². The predicted octanol–water partition coefficient (Wildman–Crippen LogP) is 6.63. The minimum absolute atomic E-state index is 0.684. The van der Waals surface area contributed by atoms with Crippen molar-refractivity contribution in [3.8, 4) is 0 Å². The van der Waals surface area contributed by atoms with Gasteiger partial charge in [-0.05, 0) is 23.7 Å². The van der Waals surface area contributed by atoms with E-state index in [9.17, 15) is 0 Å². The fourth-order valence-electron chi connectivity index (χ4n) is 4.90. The number of rotatable bonds is 4. The van der Waals surface area contributed by atoms with E-state index in [0.717, 1.165) is 11.8 Å². The molecule has 3 aliphatic rings. The lowest BCUT2D eigenvalue weighted by Crippen LogP contribution is -2.49. The SMILES string of the molecule is CCC(C)C1C=C2C(=C1)[Si](C)(C)C1=CC(C(C)CC)C=C1[Si]2(C)C. The summed E-state index contributed by atoms with van der Waals surface area (Å²) < 4.78 is 0. The predicted molar refractivity (Wildman–Crippen MR) is 113 cm³/mol. The first kappa shape index (κ1) is 18.2. The number of hydrogen-bond donors (Lipinski definition) is 0. The van der Waals surface area contributed by atoms with Crippen LogP contribution in [0.4, 0.5) is 0 Å². The quantitative estimate of drug-likeness (QED) is 0.496. The summed E-state index contributed by atoms with van der Waals surface area (Å²) in [5, 5.41) is 7.21. The molecule has 0 nitrogen and oxygen atoms in total. The summed E-state index contributed by atoms with van der Waals surface area (Å²) in [6.07, 6.45) is 13.3. The Morgan fingerprint density at radius 2 is 0.917 bits per heavy atom. The van der Waals surface area contributed by atoms with Gasteiger partial charge in [0.2, 0.25) is 0 Å². The highest BCUT2D eigenvalue weighted by Crippen LogP contribution is 2.53. The van der Waals surface area contributed by atoms with Gasteiger partial charge in [0.1, 0.15) is 16.1 Å². The van der Waals surface area contributed by atoms with Crippen molar-refractivity contribution in [1.29, 1.82) is 0 Å². The average molecular weight is 357 g/mol. The van der Waals surface area contributed by atoms with E-state index in [1.54, 1.807) is 20.8 Å². The first-order valence-corrected chi connectivity index (χ1v) is 16.0. The zero-order chi connectivity index (χ0) is 17.9. The van der Waals surface area contributed by atoms with Crippen LogP contribution in [0.15, 0.2) is 45.1 Å². The van der Waals surface area contributed by atoms with Crippen LogP contribution >= 0.6 is 0 Å². The van der Waals surface area contributed by atoms with E-state index in [-0.39, 0.29) is 0 Å². The third kappa shape index (κ3) is 2.52. The smallest absolute Gasteiger partial charge is 0.0778 e. The molecule has 0 spiro atoms. The molecule has 0 aromatic carbocycles. The van der Waals surface area contributed by atoms with E-state index in [1.165, 1.54) is 12.8 Å². The minimum Gasteiger partial charge on any atom is -0.0778 e. The summed E-state index contributed by atoms with van der Waals surface area (Å²) in [5.74, 6) is 2.93. The molecule has 1 saturated heterocycles. The van der Waals surface area contributed by atoms with Gasteiger partial charge in [0.05, 0.1) is 0 Å². The van der Waals surface area contributed by atoms with Crippen molar-refractivity contribution >= 4 is 16.1 Å². The first-order valence-electron chi connectivity index (χ1n) is 10.0. The van der Waals surface area contributed by atoms with Crippen molar-refractivity contribution < 1.29 is 0 Å². The summed E-state index contributed by atoms with van der Waals surface area (Å²) in [5.41, 5.74) is 0. The molecule has 0 aromatic rings. The maximum absolute atomic E-state index is 2.69. The molecule has 0 aromatic heterocycles. The molecule has 0 radical (unpaired) electrons. The van der Waals surface area contributed by atoms with Crippen LogP contribution in [-0.4, -0.2) is 16.1 Å². The van der Waals surface area contributed by atoms with Crippen molar-refractivity contribution in [2.75, 3.05) is 0 Å². The third-order valence-corrected chi connectivity index (χ3v) is 14.9. The highest BCUT2D eigenvalue weighted by Gasteiger charge is 2.52. The van der Waals surface area contributed by atoms with E-state index in [0.29, 0.717) is 11.8 Å². The molecule has 2 unspecified atom stereocenters. The van der Waals surface area contributed by atoms with Gasteiger partial charge in [-0.2, -0.15) is 0 Å². The molecule has 1 fully saturated rings. The van der Waals surface area contributed by atoms with Crippen molar-refractivity contribution in [1.82, 2.24) is 0 Å². The second-order valence-electron chi connectivity index (χ2n) is 9.50. The summed E-state index contributed by atoms with van der Waals surface area (Å²) in [4.78, 5) is 0. The average Bonchev–Trinajstić information content (AvgIpc) is 3.18. The van der Waals surface area contributed by atoms with E-state index in [1.807, 2.05) is 0 Å². The van der Waals surface area contributed by atoms with Crippen LogP contribution < -0.4 is 0 Å². The van der Waals surface area contributed by atoms with E-state index in [2.05, 4.69) is 78.2 Å². The van der Waals surface area contributed by atoms with Gasteiger partial charge in [-0.3, -0.25) is 0 Å². The molecule has 132 valence electrons. The number of hydrogen-bond acceptors (Lipinski definition) is 0. The summed E-state index contributed by atoms with van der Waals surface area (Å²) in [6, 6.07) is 0. The Hall–Kier alpha value is -0.606. The highest BCUT2D eigenvalue weighted by molar-refractivity contribution is 7.06. The van der Waals surface area contributed by atoms with Gasteiger partial charge in [-0.25, -0.2) is 0 Å². The van der Waals surface area contributed by atoms with E-state index < -0.39 is 16.1 Å². The van der Waals surface area contributed by atoms with Crippen LogP contribution in [0.2, 0.25) is 26.2 Å². The molecule has 1 heterocycles. The highest BCUT2D eigenvalue weighted by atomic mass is 28.3. The summed E-state index contributed by atoms with van der Waals surface area (Å²) in [6.45, 7) is 20.0. The fourth-order valence-corrected chi connectivity index (χ4v) is 14.7. The lowest BCUT2D eigenvalue weighted by atomic mass is 9.93. The van der Waals surface area contributed by atoms with E-state index in [4.69, 9.17) is 0 Å². The molecule has 0 amide bonds. The van der Waals surface area contributed by atoms with Gasteiger partial charge in [0.15, 0.2) is 0 Å². The van der Waals surface area contributed by atoms with Gasteiger partial charge in [0, 0.05) is 0 Å². The Bertz CT molecular complexity index is 555. The van der Waals surface area contributed by atoms with Crippen LogP contribution in [0.1, 0.15) is 40.5 Å². The normalized spacial score (nSPS) is 27.7. The molecule has 2 atom stereocenters. The zero-order valence-electron chi connectivity index (χ0n) is 17.0. The lowest BCUT2D eigenvalue weighted by Gasteiger charge is -2.44. The largest absolute Gasteiger partial charge is 0.111 e. The van der Waals surface area contributed by atoms with E-state index >= 15 is 0 Å². The van der Waals surface area contributed by atoms with Gasteiger partial charge < -0.3 is 0 Å². The van der Waals surface area contributed by atoms with Gasteiger partial charge in [-0.1, -0.05) is 112 Å². The van der Waals surface area contributed by atoms with Crippen molar-refractivity contribution in [2.45, 2.75) is 66.7 Å². The molecule has 1 aliphatic heterocycles. The molecular formula is C22H36Si2. The molecule has 0 bridgehead atoms. The van der Waals surface area contributed by atoms with Crippen LogP contribution in [0.5, 0.6) is 0 Å². The molecule has 3 rings (SSSR count). The van der Waals surface area contributed by atoms with Gasteiger partial charge >= 0.3 is 0 Å². The first-order chi connectivity index (χ1) is 11.1. The maximum atomic E-state index is 2.69. The Kier molecular flexibility index (Phi) is 4.53. The van der Waals surface area contributed by atoms with Crippen molar-refractivity contribution in [2.24, 2.45) is 23.7 Å². The Labute approximate surface area is 151 Å². The Morgan fingerprint density at radius 1 is 0.667 bits per heavy atom. The molecule has 0 N–H and O–H groups in total. The second kappa shape index (κ2) is 5.98. The third-order valence-electron chi connectivity index (χ3n) is 7.31. The number of allylic oxidation sites excluding steroid dienone is 8. The summed E-state index contributed by atoms with van der Waals surface area (Å²) in [7, 11) is -3.04. The second-order valence-corrected chi connectivity index (χ2v) is 18.2. The molecule has 0 saturated carbocycles. The summed E-state index contributed by atoms with van der Waals surface area (Å²) >= 11 is 0. The fraction of sp³-hybridized carbons (Fsp3) is 0.636. The van der Waals surface area contributed by atoms with Crippen LogP contribution in [0, 0.1) is 23.7 Å². The molecular weight excluding hydrogens is 320 g/mol. The van der Waals surface area contributed by atoms with Crippen LogP contribution in [-0.2, 0) is 0 Å². The Morgan fingerprint density at radius 3 is 1.12 bits per heavy atom.